The largest absolute Gasteiger partial charge is 0.337 e. The second-order valence-corrected chi connectivity index (χ2v) is 4.51. The van der Waals surface area contributed by atoms with Crippen LogP contribution in [-0.2, 0) is 4.79 Å². The highest BCUT2D eigenvalue weighted by atomic mass is 16.2. The van der Waals surface area contributed by atoms with Crippen molar-refractivity contribution in [1.29, 1.82) is 0 Å². The van der Waals surface area contributed by atoms with Gasteiger partial charge in [0.05, 0.1) is 0 Å². The Morgan fingerprint density at radius 3 is 2.71 bits per heavy atom. The number of piperazine rings is 1. The fraction of sp³-hybridized carbons (Fsp3) is 0.909. The second kappa shape index (κ2) is 4.78. The minimum absolute atomic E-state index is 0.282. The Balaban J connectivity index is 2.59. The topological polar surface area (TPSA) is 32.3 Å². The molecule has 2 atom stereocenters. The Bertz CT molecular complexity index is 203. The van der Waals surface area contributed by atoms with Gasteiger partial charge in [0.2, 0.25) is 5.91 Å². The summed E-state index contributed by atoms with van der Waals surface area (Å²) in [5, 5.41) is 3.48. The van der Waals surface area contributed by atoms with Gasteiger partial charge in [0.1, 0.15) is 0 Å². The van der Waals surface area contributed by atoms with Gasteiger partial charge >= 0.3 is 0 Å². The summed E-state index contributed by atoms with van der Waals surface area (Å²) in [4.78, 5) is 13.7. The van der Waals surface area contributed by atoms with Crippen LogP contribution in [0, 0.1) is 5.92 Å². The predicted molar refractivity (Wildman–Crippen MR) is 58.1 cm³/mol. The molecular formula is C11H22N2O. The average molecular weight is 198 g/mol. The van der Waals surface area contributed by atoms with Gasteiger partial charge in [-0.1, -0.05) is 20.8 Å². The van der Waals surface area contributed by atoms with E-state index in [1.54, 1.807) is 0 Å². The van der Waals surface area contributed by atoms with Gasteiger partial charge in [-0.15, -0.1) is 0 Å². The number of nitrogens with one attached hydrogen (secondary N) is 1. The lowest BCUT2D eigenvalue weighted by molar-refractivity contribution is -0.134. The maximum Gasteiger partial charge on any atom is 0.222 e. The van der Waals surface area contributed by atoms with Crippen molar-refractivity contribution in [1.82, 2.24) is 10.2 Å². The van der Waals surface area contributed by atoms with Crippen molar-refractivity contribution in [3.8, 4) is 0 Å². The molecule has 0 spiro atoms. The van der Waals surface area contributed by atoms with Gasteiger partial charge < -0.3 is 10.2 Å². The van der Waals surface area contributed by atoms with Gasteiger partial charge in [-0.3, -0.25) is 4.79 Å². The van der Waals surface area contributed by atoms with Gasteiger partial charge in [-0.2, -0.15) is 0 Å². The molecule has 1 N–H and O–H groups in total. The number of hydrogen-bond donors (Lipinski definition) is 1. The van der Waals surface area contributed by atoms with Crippen molar-refractivity contribution >= 4 is 5.91 Å². The molecule has 82 valence electrons. The molecule has 3 heteroatoms. The highest BCUT2D eigenvalue weighted by Gasteiger charge is 2.28. The lowest BCUT2D eigenvalue weighted by Gasteiger charge is -2.40. The summed E-state index contributed by atoms with van der Waals surface area (Å²) in [6.07, 6.45) is 0.620. The van der Waals surface area contributed by atoms with Crippen LogP contribution in [0.2, 0.25) is 0 Å². The van der Waals surface area contributed by atoms with Gasteiger partial charge in [-0.25, -0.2) is 0 Å². The Kier molecular flexibility index (Phi) is 3.93. The molecule has 0 aromatic rings. The molecule has 1 heterocycles. The molecule has 1 aliphatic rings. The lowest BCUT2D eigenvalue weighted by atomic mass is 9.99. The first-order valence-electron chi connectivity index (χ1n) is 5.59. The molecule has 1 amide bonds. The normalized spacial score (nSPS) is 28.2. The van der Waals surface area contributed by atoms with Crippen LogP contribution in [-0.4, -0.2) is 36.0 Å². The monoisotopic (exact) mass is 198 g/mol. The van der Waals surface area contributed by atoms with E-state index in [4.69, 9.17) is 0 Å². The third kappa shape index (κ3) is 2.47. The van der Waals surface area contributed by atoms with E-state index in [-0.39, 0.29) is 5.91 Å². The van der Waals surface area contributed by atoms with E-state index in [1.807, 2.05) is 11.8 Å². The molecule has 0 bridgehead atoms. The van der Waals surface area contributed by atoms with Crippen molar-refractivity contribution in [3.63, 3.8) is 0 Å². The van der Waals surface area contributed by atoms with Crippen molar-refractivity contribution < 1.29 is 4.79 Å². The van der Waals surface area contributed by atoms with E-state index in [2.05, 4.69) is 26.1 Å². The molecule has 0 aliphatic carbocycles. The minimum Gasteiger partial charge on any atom is -0.337 e. The van der Waals surface area contributed by atoms with Crippen LogP contribution in [0.3, 0.4) is 0 Å². The van der Waals surface area contributed by atoms with Gasteiger partial charge in [0.25, 0.3) is 0 Å². The molecule has 14 heavy (non-hydrogen) atoms. The second-order valence-electron chi connectivity index (χ2n) is 4.51. The van der Waals surface area contributed by atoms with E-state index in [0.29, 0.717) is 24.4 Å². The molecule has 0 aromatic carbocycles. The van der Waals surface area contributed by atoms with Crippen LogP contribution < -0.4 is 5.32 Å². The molecule has 2 unspecified atom stereocenters. The first kappa shape index (κ1) is 11.5. The van der Waals surface area contributed by atoms with Crippen molar-refractivity contribution in [2.45, 2.75) is 46.2 Å². The smallest absolute Gasteiger partial charge is 0.222 e. The minimum atomic E-state index is 0.282. The molecule has 1 rings (SSSR count). The standard InChI is InChI=1S/C11H22N2O/c1-5-11(14)13-7-10(8(2)3)12-6-9(13)4/h8-10,12H,5-7H2,1-4H3. The van der Waals surface area contributed by atoms with E-state index >= 15 is 0 Å². The molecule has 1 fully saturated rings. The number of carbonyl (C=O) groups is 1. The van der Waals surface area contributed by atoms with E-state index in [9.17, 15) is 4.79 Å². The fourth-order valence-electron chi connectivity index (χ4n) is 1.89. The van der Waals surface area contributed by atoms with Gasteiger partial charge in [-0.05, 0) is 12.8 Å². The summed E-state index contributed by atoms with van der Waals surface area (Å²) in [5.41, 5.74) is 0. The third-order valence-corrected chi connectivity index (χ3v) is 3.03. The zero-order chi connectivity index (χ0) is 10.7. The van der Waals surface area contributed by atoms with Gasteiger partial charge in [0, 0.05) is 31.6 Å². The Morgan fingerprint density at radius 1 is 1.57 bits per heavy atom. The molecular weight excluding hydrogens is 176 g/mol. The van der Waals surface area contributed by atoms with Crippen molar-refractivity contribution in [2.75, 3.05) is 13.1 Å². The van der Waals surface area contributed by atoms with E-state index in [0.717, 1.165) is 13.1 Å². The van der Waals surface area contributed by atoms with Crippen LogP contribution >= 0.6 is 0 Å². The summed E-state index contributed by atoms with van der Waals surface area (Å²) in [5.74, 6) is 0.874. The highest BCUT2D eigenvalue weighted by Crippen LogP contribution is 2.13. The van der Waals surface area contributed by atoms with E-state index < -0.39 is 0 Å². The molecule has 1 saturated heterocycles. The molecule has 0 saturated carbocycles. The van der Waals surface area contributed by atoms with Gasteiger partial charge in [0.15, 0.2) is 0 Å². The number of rotatable bonds is 2. The maximum absolute atomic E-state index is 11.6. The van der Waals surface area contributed by atoms with Crippen LogP contribution in [0.5, 0.6) is 0 Å². The summed E-state index contributed by atoms with van der Waals surface area (Å²) in [6, 6.07) is 0.805. The van der Waals surface area contributed by atoms with Crippen LogP contribution in [0.1, 0.15) is 34.1 Å². The number of nitrogens with zero attached hydrogens (tertiary/aromatic N) is 1. The summed E-state index contributed by atoms with van der Waals surface area (Å²) in [6.45, 7) is 10.2. The Hall–Kier alpha value is -0.570. The first-order chi connectivity index (χ1) is 6.56. The average Bonchev–Trinajstić information content (AvgIpc) is 2.17. The number of carbonyl (C=O) groups excluding carboxylic acids is 1. The quantitative estimate of drug-likeness (QED) is 0.724. The van der Waals surface area contributed by atoms with Crippen LogP contribution in [0.15, 0.2) is 0 Å². The lowest BCUT2D eigenvalue weighted by Crippen LogP contribution is -2.58. The summed E-state index contributed by atoms with van der Waals surface area (Å²) in [7, 11) is 0. The molecule has 0 radical (unpaired) electrons. The molecule has 1 aliphatic heterocycles. The molecule has 0 aromatic heterocycles. The maximum atomic E-state index is 11.6. The first-order valence-corrected chi connectivity index (χ1v) is 5.59. The van der Waals surface area contributed by atoms with Crippen LogP contribution in [0.4, 0.5) is 0 Å². The predicted octanol–water partition coefficient (Wildman–Crippen LogP) is 1.24. The van der Waals surface area contributed by atoms with Crippen molar-refractivity contribution in [3.05, 3.63) is 0 Å². The van der Waals surface area contributed by atoms with Crippen LogP contribution in [0.25, 0.3) is 0 Å². The SMILES string of the molecule is CCC(=O)N1CC(C(C)C)NCC1C. The summed E-state index contributed by atoms with van der Waals surface area (Å²) < 4.78 is 0. The zero-order valence-corrected chi connectivity index (χ0v) is 9.71. The zero-order valence-electron chi connectivity index (χ0n) is 9.71. The highest BCUT2D eigenvalue weighted by molar-refractivity contribution is 5.76. The third-order valence-electron chi connectivity index (χ3n) is 3.03. The fourth-order valence-corrected chi connectivity index (χ4v) is 1.89. The summed E-state index contributed by atoms with van der Waals surface area (Å²) >= 11 is 0. The number of amides is 1. The Labute approximate surface area is 86.9 Å². The van der Waals surface area contributed by atoms with Crippen molar-refractivity contribution in [2.24, 2.45) is 5.92 Å². The molecule has 3 nitrogen and oxygen atoms in total. The Morgan fingerprint density at radius 2 is 2.21 bits per heavy atom. The van der Waals surface area contributed by atoms with E-state index in [1.165, 1.54) is 0 Å². The number of hydrogen-bond acceptors (Lipinski definition) is 2.